The van der Waals surface area contributed by atoms with E-state index in [0.29, 0.717) is 5.41 Å². The first-order valence-electron chi connectivity index (χ1n) is 8.34. The largest absolute Gasteiger partial charge is 0.478 e. The van der Waals surface area contributed by atoms with Crippen LogP contribution in [0.5, 0.6) is 0 Å². The molecule has 1 aromatic carbocycles. The number of aromatic carboxylic acids is 1. The molecule has 1 aliphatic heterocycles. The predicted molar refractivity (Wildman–Crippen MR) is 94.9 cm³/mol. The molecule has 0 bridgehead atoms. The van der Waals surface area contributed by atoms with E-state index in [4.69, 9.17) is 4.98 Å². The number of hydrogen-bond acceptors (Lipinski definition) is 3. The van der Waals surface area contributed by atoms with E-state index >= 15 is 0 Å². The molecule has 124 valence electrons. The maximum atomic E-state index is 11.3. The van der Waals surface area contributed by atoms with Crippen LogP contribution in [0.4, 0.5) is 5.82 Å². The Bertz CT molecular complexity index is 932. The van der Waals surface area contributed by atoms with Gasteiger partial charge in [0.25, 0.3) is 0 Å². The van der Waals surface area contributed by atoms with Crippen LogP contribution >= 0.6 is 0 Å². The van der Waals surface area contributed by atoms with Crippen LogP contribution in [0.2, 0.25) is 0 Å². The summed E-state index contributed by atoms with van der Waals surface area (Å²) in [6, 6.07) is 9.22. The highest BCUT2D eigenvalue weighted by molar-refractivity contribution is 5.94. The molecule has 1 N–H and O–H groups in total. The van der Waals surface area contributed by atoms with E-state index in [1.54, 1.807) is 12.1 Å². The molecule has 5 nitrogen and oxygen atoms in total. The lowest BCUT2D eigenvalue weighted by atomic mass is 9.83. The van der Waals surface area contributed by atoms with Gasteiger partial charge >= 0.3 is 5.97 Å². The second-order valence-electron chi connectivity index (χ2n) is 7.36. The van der Waals surface area contributed by atoms with Crippen LogP contribution in [0, 0.1) is 5.41 Å². The fraction of sp³-hybridized carbons (Fsp3) is 0.368. The lowest BCUT2D eigenvalue weighted by Gasteiger charge is -2.37. The number of carboxylic acids is 1. The van der Waals surface area contributed by atoms with E-state index in [-0.39, 0.29) is 5.56 Å². The first-order valence-corrected chi connectivity index (χ1v) is 8.34. The molecule has 1 saturated heterocycles. The number of anilines is 1. The van der Waals surface area contributed by atoms with Crippen molar-refractivity contribution in [2.24, 2.45) is 5.41 Å². The van der Waals surface area contributed by atoms with Gasteiger partial charge in [0.05, 0.1) is 22.1 Å². The molecule has 0 spiro atoms. The van der Waals surface area contributed by atoms with Crippen LogP contribution in [0.15, 0.2) is 36.5 Å². The number of carboxylic acid groups (broad SMARTS) is 1. The van der Waals surface area contributed by atoms with Crippen molar-refractivity contribution in [2.45, 2.75) is 26.7 Å². The highest BCUT2D eigenvalue weighted by Crippen LogP contribution is 2.34. The molecule has 0 amide bonds. The lowest BCUT2D eigenvalue weighted by Crippen LogP contribution is -2.38. The first-order chi connectivity index (χ1) is 11.4. The van der Waals surface area contributed by atoms with Gasteiger partial charge in [-0.25, -0.2) is 9.78 Å². The van der Waals surface area contributed by atoms with Gasteiger partial charge in [-0.05, 0) is 48.6 Å². The summed E-state index contributed by atoms with van der Waals surface area (Å²) in [4.78, 5) is 18.4. The molecule has 0 aliphatic carbocycles. The summed E-state index contributed by atoms with van der Waals surface area (Å²) < 4.78 is 2.10. The van der Waals surface area contributed by atoms with Gasteiger partial charge < -0.3 is 14.4 Å². The Balaban J connectivity index is 1.87. The highest BCUT2D eigenvalue weighted by atomic mass is 16.4. The summed E-state index contributed by atoms with van der Waals surface area (Å²) in [5.41, 5.74) is 3.37. The van der Waals surface area contributed by atoms with Crippen LogP contribution in [0.3, 0.4) is 0 Å². The number of aromatic nitrogens is 2. The van der Waals surface area contributed by atoms with Crippen molar-refractivity contribution < 1.29 is 9.90 Å². The molecule has 0 radical (unpaired) electrons. The zero-order valence-corrected chi connectivity index (χ0v) is 14.0. The van der Waals surface area contributed by atoms with Crippen molar-refractivity contribution in [3.05, 3.63) is 42.1 Å². The van der Waals surface area contributed by atoms with Crippen molar-refractivity contribution in [3.8, 4) is 0 Å². The molecule has 24 heavy (non-hydrogen) atoms. The number of benzene rings is 1. The summed E-state index contributed by atoms with van der Waals surface area (Å²) >= 11 is 0. The third kappa shape index (κ3) is 2.40. The van der Waals surface area contributed by atoms with Crippen LogP contribution in [-0.4, -0.2) is 33.6 Å². The topological polar surface area (TPSA) is 57.8 Å². The molecule has 3 aromatic rings. The Morgan fingerprint density at radius 2 is 1.92 bits per heavy atom. The van der Waals surface area contributed by atoms with Gasteiger partial charge in [-0.1, -0.05) is 13.8 Å². The molecular weight excluding hydrogens is 302 g/mol. The zero-order chi connectivity index (χ0) is 16.9. The van der Waals surface area contributed by atoms with E-state index < -0.39 is 5.97 Å². The van der Waals surface area contributed by atoms with Gasteiger partial charge in [-0.2, -0.15) is 0 Å². The van der Waals surface area contributed by atoms with Crippen molar-refractivity contribution in [2.75, 3.05) is 18.0 Å². The van der Waals surface area contributed by atoms with E-state index in [2.05, 4.69) is 29.2 Å². The average Bonchev–Trinajstić information content (AvgIpc) is 3.03. The Morgan fingerprint density at radius 1 is 1.17 bits per heavy atom. The van der Waals surface area contributed by atoms with E-state index in [9.17, 15) is 9.90 Å². The molecule has 0 atom stereocenters. The quantitative estimate of drug-likeness (QED) is 0.779. The van der Waals surface area contributed by atoms with Crippen molar-refractivity contribution in [1.82, 2.24) is 9.38 Å². The van der Waals surface area contributed by atoms with Crippen molar-refractivity contribution >= 4 is 28.3 Å². The zero-order valence-electron chi connectivity index (χ0n) is 14.0. The molecule has 1 fully saturated rings. The minimum absolute atomic E-state index is 0.271. The molecule has 5 heteroatoms. The number of nitrogens with zero attached hydrogens (tertiary/aromatic N) is 3. The number of fused-ring (bicyclic) bond motifs is 3. The third-order valence-corrected chi connectivity index (χ3v) is 5.10. The number of hydrogen-bond donors (Lipinski definition) is 1. The molecule has 0 saturated carbocycles. The van der Waals surface area contributed by atoms with Gasteiger partial charge in [-0.3, -0.25) is 0 Å². The molecule has 4 rings (SSSR count). The number of carbonyl (C=O) groups is 1. The fourth-order valence-electron chi connectivity index (χ4n) is 3.45. The number of rotatable bonds is 2. The van der Waals surface area contributed by atoms with Gasteiger partial charge in [-0.15, -0.1) is 0 Å². The molecule has 0 unspecified atom stereocenters. The van der Waals surface area contributed by atoms with Crippen molar-refractivity contribution in [3.63, 3.8) is 0 Å². The van der Waals surface area contributed by atoms with Crippen LogP contribution in [0.1, 0.15) is 37.0 Å². The maximum absolute atomic E-state index is 11.3. The standard InChI is InChI=1S/C19H21N3O2/c1-19(2)7-10-21(11-8-19)17-16-4-3-9-22(16)15-6-5-13(18(23)24)12-14(15)20-17/h3-6,9,12H,7-8,10-11H2,1-2H3,(H,23,24). The normalized spacial score (nSPS) is 17.5. The molecule has 1 aliphatic rings. The van der Waals surface area contributed by atoms with E-state index in [1.807, 2.05) is 18.3 Å². The second kappa shape index (κ2) is 5.23. The molecule has 3 heterocycles. The van der Waals surface area contributed by atoms with Gasteiger partial charge in [0.15, 0.2) is 5.82 Å². The maximum Gasteiger partial charge on any atom is 0.335 e. The smallest absolute Gasteiger partial charge is 0.335 e. The summed E-state index contributed by atoms with van der Waals surface area (Å²) in [5.74, 6) is 0.0260. The van der Waals surface area contributed by atoms with E-state index in [0.717, 1.165) is 48.3 Å². The lowest BCUT2D eigenvalue weighted by molar-refractivity contribution is 0.0697. The van der Waals surface area contributed by atoms with Gasteiger partial charge in [0.1, 0.15) is 0 Å². The van der Waals surface area contributed by atoms with Crippen LogP contribution < -0.4 is 4.90 Å². The fourth-order valence-corrected chi connectivity index (χ4v) is 3.45. The average molecular weight is 323 g/mol. The second-order valence-corrected chi connectivity index (χ2v) is 7.36. The molecular formula is C19H21N3O2. The predicted octanol–water partition coefficient (Wildman–Crippen LogP) is 3.81. The first kappa shape index (κ1) is 15.0. The Morgan fingerprint density at radius 3 is 2.62 bits per heavy atom. The Labute approximate surface area is 140 Å². The SMILES string of the molecule is CC1(C)CCN(c2nc3cc(C(=O)O)ccc3n3cccc23)CC1. The van der Waals surface area contributed by atoms with E-state index in [1.165, 1.54) is 0 Å². The third-order valence-electron chi connectivity index (χ3n) is 5.10. The summed E-state index contributed by atoms with van der Waals surface area (Å²) in [5, 5.41) is 9.25. The molecule has 2 aromatic heterocycles. The number of piperidine rings is 1. The van der Waals surface area contributed by atoms with Crippen molar-refractivity contribution in [1.29, 1.82) is 0 Å². The summed E-state index contributed by atoms with van der Waals surface area (Å²) in [7, 11) is 0. The monoisotopic (exact) mass is 323 g/mol. The highest BCUT2D eigenvalue weighted by Gasteiger charge is 2.27. The van der Waals surface area contributed by atoms with Gasteiger partial charge in [0.2, 0.25) is 0 Å². The summed E-state index contributed by atoms with van der Waals surface area (Å²) in [6.07, 6.45) is 4.28. The van der Waals surface area contributed by atoms with Crippen LogP contribution in [0.25, 0.3) is 16.6 Å². The Hall–Kier alpha value is -2.56. The minimum atomic E-state index is -0.924. The van der Waals surface area contributed by atoms with Gasteiger partial charge in [0, 0.05) is 19.3 Å². The van der Waals surface area contributed by atoms with Crippen LogP contribution in [-0.2, 0) is 0 Å². The Kier molecular flexibility index (Phi) is 3.27. The minimum Gasteiger partial charge on any atom is -0.478 e. The summed E-state index contributed by atoms with van der Waals surface area (Å²) in [6.45, 7) is 6.57.